The van der Waals surface area contributed by atoms with E-state index in [0.29, 0.717) is 17.3 Å². The van der Waals surface area contributed by atoms with Gasteiger partial charge in [0.25, 0.3) is 0 Å². The lowest BCUT2D eigenvalue weighted by molar-refractivity contribution is -0.134. The van der Waals surface area contributed by atoms with Crippen LogP contribution in [0.15, 0.2) is 109 Å². The van der Waals surface area contributed by atoms with Gasteiger partial charge in [-0.15, -0.1) is 0 Å². The number of imidazole rings is 1. The molecule has 5 rings (SSSR count). The third-order valence-corrected chi connectivity index (χ3v) is 10.2. The number of aryl methyl sites for hydroxylation is 1. The Kier molecular flexibility index (Phi) is 16.4. The number of carbonyl (C=O) groups excluding carboxylic acids is 4. The Hall–Kier alpha value is -5.76. The van der Waals surface area contributed by atoms with E-state index >= 15 is 0 Å². The number of hydrogen-bond donors (Lipinski definition) is 7. The number of aliphatic hydroxyl groups excluding tert-OH is 1. The molecule has 4 amide bonds. The zero-order valence-corrected chi connectivity index (χ0v) is 34.5. The second-order valence-corrected chi connectivity index (χ2v) is 15.6. The Morgan fingerprint density at radius 1 is 0.678 bits per heavy atom. The Morgan fingerprint density at radius 3 is 1.92 bits per heavy atom. The Bertz CT molecular complexity index is 2080. The number of H-pyrrole nitrogens is 1. The third kappa shape index (κ3) is 13.4. The molecule has 0 fully saturated rings. The van der Waals surface area contributed by atoms with Crippen LogP contribution in [0.5, 0.6) is 0 Å². The molecule has 14 heteroatoms. The molecule has 7 N–H and O–H groups in total. The van der Waals surface area contributed by atoms with Crippen LogP contribution in [-0.2, 0) is 45.2 Å². The lowest BCUT2D eigenvalue weighted by Gasteiger charge is -2.33. The summed E-state index contributed by atoms with van der Waals surface area (Å²) in [5.41, 5.74) is 4.13. The number of hydrogen-bond acceptors (Lipinski definition) is 8. The summed E-state index contributed by atoms with van der Waals surface area (Å²) in [6.07, 6.45) is -1.59. The molecule has 5 aromatic rings. The number of nitrogens with zero attached hydrogens (tertiary/aromatic N) is 1. The second-order valence-electron chi connectivity index (χ2n) is 15.2. The second kappa shape index (κ2) is 21.8. The normalized spacial score (nSPS) is 13.9. The first-order valence-corrected chi connectivity index (χ1v) is 20.2. The molecule has 13 nitrogen and oxygen atoms in total. The lowest BCUT2D eigenvalue weighted by atomic mass is 9.93. The lowest BCUT2D eigenvalue weighted by Crippen LogP contribution is -2.63. The van der Waals surface area contributed by atoms with Crippen molar-refractivity contribution in [1.29, 1.82) is 0 Å². The Balaban J connectivity index is 1.36. The van der Waals surface area contributed by atoms with E-state index in [1.165, 1.54) is 0 Å². The highest BCUT2D eigenvalue weighted by Gasteiger charge is 2.37. The van der Waals surface area contributed by atoms with Crippen LogP contribution in [0.1, 0.15) is 56.6 Å². The van der Waals surface area contributed by atoms with Crippen LogP contribution in [-0.4, -0.2) is 69.2 Å². The molecule has 0 aliphatic carbocycles. The van der Waals surface area contributed by atoms with Gasteiger partial charge in [-0.1, -0.05) is 124 Å². The van der Waals surface area contributed by atoms with E-state index in [0.717, 1.165) is 27.7 Å². The fourth-order valence-corrected chi connectivity index (χ4v) is 6.70. The van der Waals surface area contributed by atoms with Crippen LogP contribution in [0, 0.1) is 11.8 Å². The largest absolute Gasteiger partial charge is 0.445 e. The number of aromatic amines is 1. The molecule has 59 heavy (non-hydrogen) atoms. The van der Waals surface area contributed by atoms with Gasteiger partial charge in [0, 0.05) is 11.6 Å². The van der Waals surface area contributed by atoms with Crippen molar-refractivity contribution in [3.63, 3.8) is 0 Å². The summed E-state index contributed by atoms with van der Waals surface area (Å²) in [6, 6.07) is 29.0. The van der Waals surface area contributed by atoms with E-state index in [1.807, 2.05) is 98.8 Å². The average Bonchev–Trinajstić information content (AvgIpc) is 3.66. The highest BCUT2D eigenvalue weighted by Crippen LogP contribution is 2.16. The molecule has 1 heterocycles. The zero-order chi connectivity index (χ0) is 42.3. The Morgan fingerprint density at radius 2 is 1.27 bits per heavy atom. The van der Waals surface area contributed by atoms with E-state index in [-0.39, 0.29) is 38.0 Å². The Labute approximate surface area is 350 Å². The molecule has 0 saturated carbocycles. The van der Waals surface area contributed by atoms with Crippen molar-refractivity contribution < 1.29 is 29.0 Å². The molecule has 0 unspecified atom stereocenters. The number of ether oxygens (including phenoxy) is 1. The van der Waals surface area contributed by atoms with Gasteiger partial charge in [-0.3, -0.25) is 19.7 Å². The number of carbonyl (C=O) groups is 4. The maximum absolute atomic E-state index is 14.4. The molecule has 0 radical (unpaired) electrons. The van der Waals surface area contributed by atoms with Gasteiger partial charge >= 0.3 is 6.09 Å². The van der Waals surface area contributed by atoms with Crippen LogP contribution in [0.3, 0.4) is 0 Å². The predicted octanol–water partition coefficient (Wildman–Crippen LogP) is 5.56. The van der Waals surface area contributed by atoms with Gasteiger partial charge in [-0.25, -0.2) is 9.78 Å². The van der Waals surface area contributed by atoms with Crippen LogP contribution < -0.4 is 26.6 Å². The molecule has 1 aromatic heterocycles. The maximum Gasteiger partial charge on any atom is 0.408 e. The van der Waals surface area contributed by atoms with E-state index < -0.39 is 54.1 Å². The summed E-state index contributed by atoms with van der Waals surface area (Å²) in [7, 11) is 0. The molecule has 0 saturated heterocycles. The number of fused-ring (bicyclic) bond motifs is 1. The van der Waals surface area contributed by atoms with E-state index in [2.05, 4.69) is 36.6 Å². The van der Waals surface area contributed by atoms with Crippen molar-refractivity contribution in [2.45, 2.75) is 90.5 Å². The minimum Gasteiger partial charge on any atom is -0.445 e. The molecular weight excluding hydrogens is 770 g/mol. The third-order valence-electron chi connectivity index (χ3n) is 9.94. The fraction of sp³-hybridized carbons (Fsp3) is 0.356. The van der Waals surface area contributed by atoms with Gasteiger partial charge in [0.1, 0.15) is 30.6 Å². The van der Waals surface area contributed by atoms with E-state index in [1.54, 1.807) is 38.1 Å². The maximum atomic E-state index is 14.4. The van der Waals surface area contributed by atoms with Crippen molar-refractivity contribution in [2.75, 3.05) is 0 Å². The van der Waals surface area contributed by atoms with Gasteiger partial charge < -0.3 is 36.1 Å². The van der Waals surface area contributed by atoms with Gasteiger partial charge in [0.05, 0.1) is 29.7 Å². The number of benzene rings is 4. The van der Waals surface area contributed by atoms with Crippen molar-refractivity contribution in [3.05, 3.63) is 137 Å². The van der Waals surface area contributed by atoms with Crippen molar-refractivity contribution in [1.82, 2.24) is 36.6 Å². The summed E-state index contributed by atoms with van der Waals surface area (Å²) in [5.74, 6) is -1.78. The molecule has 0 aliphatic rings. The minimum absolute atomic E-state index is 0.0168. The van der Waals surface area contributed by atoms with Gasteiger partial charge in [0.2, 0.25) is 17.7 Å². The first-order valence-electron chi connectivity index (χ1n) is 19.9. The summed E-state index contributed by atoms with van der Waals surface area (Å²) in [4.78, 5) is 62.7. The van der Waals surface area contributed by atoms with E-state index in [4.69, 9.17) is 16.3 Å². The average molecular weight is 824 g/mol. The van der Waals surface area contributed by atoms with Crippen LogP contribution in [0.4, 0.5) is 4.79 Å². The number of nitrogens with one attached hydrogen (secondary N) is 6. The number of aliphatic hydroxyl groups is 1. The van der Waals surface area contributed by atoms with Gasteiger partial charge in [0.15, 0.2) is 0 Å². The number of alkyl carbamates (subject to hydrolysis) is 1. The van der Waals surface area contributed by atoms with Crippen LogP contribution >= 0.6 is 11.6 Å². The zero-order valence-electron chi connectivity index (χ0n) is 33.8. The quantitative estimate of drug-likeness (QED) is 0.0532. The van der Waals surface area contributed by atoms with Crippen LogP contribution in [0.25, 0.3) is 11.0 Å². The van der Waals surface area contributed by atoms with Gasteiger partial charge in [-0.05, 0) is 65.6 Å². The number of amides is 4. The summed E-state index contributed by atoms with van der Waals surface area (Å²) in [6.45, 7) is 7.46. The number of rotatable bonds is 20. The number of halogens is 1. The molecule has 312 valence electrons. The minimum atomic E-state index is -1.50. The molecular formula is C45H54ClN7O6. The van der Waals surface area contributed by atoms with Crippen LogP contribution in [0.2, 0.25) is 5.02 Å². The first kappa shape index (κ1) is 44.3. The van der Waals surface area contributed by atoms with Crippen molar-refractivity contribution >= 4 is 46.4 Å². The highest BCUT2D eigenvalue weighted by atomic mass is 35.5. The molecule has 0 bridgehead atoms. The van der Waals surface area contributed by atoms with E-state index in [9.17, 15) is 24.3 Å². The van der Waals surface area contributed by atoms with Crippen molar-refractivity contribution in [3.8, 4) is 0 Å². The molecule has 0 aliphatic heterocycles. The smallest absolute Gasteiger partial charge is 0.408 e. The standard InChI is InChI=1S/C45H54ClN7O6/c1-28(2)38(42(55)48-26-37-49-34-17-11-12-18-35(34)50-37)52-44(57)40(47-25-31-19-22-33(46)23-20-31)41(54)36(24-21-30-13-7-5-8-14-30)51-43(56)39(29(3)4)53-45(58)59-27-32-15-9-6-10-16-32/h5-20,22-23,28-29,36,38-41,47,54H,21,24-27H2,1-4H3,(H,48,55)(H,49,50)(H,51,56)(H,52,57)(H,53,58)/t36-,38-,39-,40+,41+/m0/s1. The summed E-state index contributed by atoms with van der Waals surface area (Å²) < 4.78 is 5.41. The monoisotopic (exact) mass is 823 g/mol. The summed E-state index contributed by atoms with van der Waals surface area (Å²) >= 11 is 6.13. The highest BCUT2D eigenvalue weighted by molar-refractivity contribution is 6.30. The topological polar surface area (TPSA) is 187 Å². The molecule has 0 spiro atoms. The predicted molar refractivity (Wildman–Crippen MR) is 228 cm³/mol. The number of para-hydroxylation sites is 2. The van der Waals surface area contributed by atoms with Gasteiger partial charge in [-0.2, -0.15) is 0 Å². The number of aromatic nitrogens is 2. The molecule has 4 aromatic carbocycles. The first-order chi connectivity index (χ1) is 28.4. The van der Waals surface area contributed by atoms with Crippen molar-refractivity contribution in [2.24, 2.45) is 11.8 Å². The summed E-state index contributed by atoms with van der Waals surface area (Å²) in [5, 5.41) is 27.3. The SMILES string of the molecule is CC(C)[C@H](NC(=O)OCc1ccccc1)C(=O)N[C@@H](CCc1ccccc1)[C@@H](O)[C@@H](NCc1ccc(Cl)cc1)C(=O)N[C@H](C(=O)NCc1nc2ccccc2[nH]1)C(C)C. The molecule has 5 atom stereocenters. The fourth-order valence-electron chi connectivity index (χ4n) is 6.57.